The summed E-state index contributed by atoms with van der Waals surface area (Å²) in [5, 5.41) is 12.5. The second kappa shape index (κ2) is 5.11. The number of hydrogen-bond acceptors (Lipinski definition) is 3. The van der Waals surface area contributed by atoms with Gasteiger partial charge in [-0.1, -0.05) is 12.1 Å². The van der Waals surface area contributed by atoms with Gasteiger partial charge in [0.05, 0.1) is 5.56 Å². The molecule has 0 spiro atoms. The van der Waals surface area contributed by atoms with E-state index in [1.807, 2.05) is 33.8 Å². The molecule has 96 valence electrons. The van der Waals surface area contributed by atoms with Crippen molar-refractivity contribution in [1.82, 2.24) is 4.98 Å². The van der Waals surface area contributed by atoms with E-state index in [9.17, 15) is 5.26 Å². The van der Waals surface area contributed by atoms with Crippen LogP contribution in [0.3, 0.4) is 0 Å². The molecular formula is C16H17N3. The Morgan fingerprint density at radius 3 is 2.47 bits per heavy atom. The molecule has 0 bridgehead atoms. The van der Waals surface area contributed by atoms with Crippen molar-refractivity contribution in [3.63, 3.8) is 0 Å². The lowest BCUT2D eigenvalue weighted by Crippen LogP contribution is -2.02. The fourth-order valence-electron chi connectivity index (χ4n) is 2.07. The van der Waals surface area contributed by atoms with E-state index in [1.54, 1.807) is 0 Å². The molecule has 3 nitrogen and oxygen atoms in total. The maximum atomic E-state index is 9.26. The van der Waals surface area contributed by atoms with Crippen LogP contribution in [0.4, 0.5) is 11.5 Å². The van der Waals surface area contributed by atoms with Crippen LogP contribution >= 0.6 is 0 Å². The van der Waals surface area contributed by atoms with Gasteiger partial charge >= 0.3 is 0 Å². The van der Waals surface area contributed by atoms with E-state index in [1.165, 1.54) is 5.56 Å². The van der Waals surface area contributed by atoms with Crippen molar-refractivity contribution in [2.75, 3.05) is 5.32 Å². The third kappa shape index (κ3) is 2.74. The minimum absolute atomic E-state index is 0.603. The third-order valence-corrected chi connectivity index (χ3v) is 3.10. The minimum Gasteiger partial charge on any atom is -0.339 e. The summed E-state index contributed by atoms with van der Waals surface area (Å²) in [5.41, 5.74) is 5.76. The monoisotopic (exact) mass is 251 g/mol. The average molecular weight is 251 g/mol. The lowest BCUT2D eigenvalue weighted by molar-refractivity contribution is 1.16. The van der Waals surface area contributed by atoms with Crippen molar-refractivity contribution in [2.45, 2.75) is 27.7 Å². The molecule has 1 aromatic heterocycles. The van der Waals surface area contributed by atoms with Gasteiger partial charge in [-0.05, 0) is 56.5 Å². The third-order valence-electron chi connectivity index (χ3n) is 3.10. The highest BCUT2D eigenvalue weighted by atomic mass is 15.0. The molecule has 1 N–H and O–H groups in total. The predicted molar refractivity (Wildman–Crippen MR) is 77.6 cm³/mol. The van der Waals surface area contributed by atoms with Crippen molar-refractivity contribution in [3.05, 3.63) is 52.2 Å². The summed E-state index contributed by atoms with van der Waals surface area (Å²) in [7, 11) is 0. The standard InChI is InChI=1S/C16H17N3/c1-10-5-6-11(2)15(7-10)19-16-14(9-17)12(3)8-13(4)18-16/h5-8H,1-4H3,(H,18,19). The average Bonchev–Trinajstić information content (AvgIpc) is 2.33. The maximum Gasteiger partial charge on any atom is 0.148 e. The summed E-state index contributed by atoms with van der Waals surface area (Å²) in [6.07, 6.45) is 0. The van der Waals surface area contributed by atoms with Crippen LogP contribution in [-0.4, -0.2) is 4.98 Å². The van der Waals surface area contributed by atoms with E-state index in [2.05, 4.69) is 34.6 Å². The van der Waals surface area contributed by atoms with Crippen LogP contribution in [0.5, 0.6) is 0 Å². The molecule has 1 aromatic carbocycles. The number of benzene rings is 1. The maximum absolute atomic E-state index is 9.26. The van der Waals surface area contributed by atoms with Gasteiger partial charge in [0, 0.05) is 11.4 Å². The number of aryl methyl sites for hydroxylation is 4. The first-order valence-corrected chi connectivity index (χ1v) is 6.24. The van der Waals surface area contributed by atoms with Crippen molar-refractivity contribution < 1.29 is 0 Å². The Labute approximate surface area is 113 Å². The fraction of sp³-hybridized carbons (Fsp3) is 0.250. The highest BCUT2D eigenvalue weighted by molar-refractivity contribution is 5.67. The molecule has 0 aliphatic heterocycles. The van der Waals surface area contributed by atoms with Crippen molar-refractivity contribution in [1.29, 1.82) is 5.26 Å². The molecule has 0 aliphatic rings. The number of nitriles is 1. The fourth-order valence-corrected chi connectivity index (χ4v) is 2.07. The molecule has 0 amide bonds. The zero-order chi connectivity index (χ0) is 14.0. The number of anilines is 2. The topological polar surface area (TPSA) is 48.7 Å². The molecule has 0 atom stereocenters. The lowest BCUT2D eigenvalue weighted by atomic mass is 10.1. The van der Waals surface area contributed by atoms with E-state index >= 15 is 0 Å². The van der Waals surface area contributed by atoms with E-state index in [0.717, 1.165) is 22.5 Å². The molecule has 0 radical (unpaired) electrons. The highest BCUT2D eigenvalue weighted by Gasteiger charge is 2.09. The highest BCUT2D eigenvalue weighted by Crippen LogP contribution is 2.24. The Hall–Kier alpha value is -2.34. The van der Waals surface area contributed by atoms with E-state index in [-0.39, 0.29) is 0 Å². The molecule has 3 heteroatoms. The summed E-state index contributed by atoms with van der Waals surface area (Å²) >= 11 is 0. The van der Waals surface area contributed by atoms with Gasteiger partial charge in [0.15, 0.2) is 0 Å². The molecule has 2 rings (SSSR count). The molecule has 0 fully saturated rings. The van der Waals surface area contributed by atoms with Gasteiger partial charge in [0.1, 0.15) is 11.9 Å². The summed E-state index contributed by atoms with van der Waals surface area (Å²) in [5.74, 6) is 0.633. The summed E-state index contributed by atoms with van der Waals surface area (Å²) < 4.78 is 0. The number of pyridine rings is 1. The first kappa shape index (κ1) is 13.1. The van der Waals surface area contributed by atoms with Crippen LogP contribution in [0.15, 0.2) is 24.3 Å². The smallest absolute Gasteiger partial charge is 0.148 e. The molecule has 0 saturated carbocycles. The van der Waals surface area contributed by atoms with Crippen LogP contribution in [0.2, 0.25) is 0 Å². The van der Waals surface area contributed by atoms with Gasteiger partial charge < -0.3 is 5.32 Å². The number of nitrogens with one attached hydrogen (secondary N) is 1. The van der Waals surface area contributed by atoms with Crippen LogP contribution in [0, 0.1) is 39.0 Å². The molecule has 0 saturated heterocycles. The molecule has 0 aliphatic carbocycles. The second-order valence-corrected chi connectivity index (χ2v) is 4.86. The molecule has 1 heterocycles. The van der Waals surface area contributed by atoms with Crippen LogP contribution < -0.4 is 5.32 Å². The van der Waals surface area contributed by atoms with Crippen LogP contribution in [-0.2, 0) is 0 Å². The number of nitrogens with zero attached hydrogens (tertiary/aromatic N) is 2. The van der Waals surface area contributed by atoms with Gasteiger partial charge in [-0.15, -0.1) is 0 Å². The van der Waals surface area contributed by atoms with E-state index in [0.29, 0.717) is 11.4 Å². The molecule has 2 aromatic rings. The second-order valence-electron chi connectivity index (χ2n) is 4.86. The normalized spacial score (nSPS) is 10.1. The zero-order valence-electron chi connectivity index (χ0n) is 11.7. The van der Waals surface area contributed by atoms with E-state index in [4.69, 9.17) is 0 Å². The van der Waals surface area contributed by atoms with Crippen LogP contribution in [0.25, 0.3) is 0 Å². The summed E-state index contributed by atoms with van der Waals surface area (Å²) in [6, 6.07) is 10.3. The number of aromatic nitrogens is 1. The van der Waals surface area contributed by atoms with Crippen LogP contribution in [0.1, 0.15) is 27.9 Å². The Kier molecular flexibility index (Phi) is 3.52. The number of hydrogen-bond donors (Lipinski definition) is 1. The van der Waals surface area contributed by atoms with Gasteiger partial charge in [-0.25, -0.2) is 4.98 Å². The van der Waals surface area contributed by atoms with Gasteiger partial charge in [-0.2, -0.15) is 5.26 Å². The molecule has 0 unspecified atom stereocenters. The Balaban J connectivity index is 2.49. The quantitative estimate of drug-likeness (QED) is 0.879. The SMILES string of the molecule is Cc1ccc(C)c(Nc2nc(C)cc(C)c2C#N)c1. The molecular weight excluding hydrogens is 234 g/mol. The van der Waals surface area contributed by atoms with Gasteiger partial charge in [0.2, 0.25) is 0 Å². The van der Waals surface area contributed by atoms with Gasteiger partial charge in [-0.3, -0.25) is 0 Å². The first-order chi connectivity index (χ1) is 9.01. The van der Waals surface area contributed by atoms with Gasteiger partial charge in [0.25, 0.3) is 0 Å². The lowest BCUT2D eigenvalue weighted by Gasteiger charge is -2.13. The first-order valence-electron chi connectivity index (χ1n) is 6.24. The zero-order valence-corrected chi connectivity index (χ0v) is 11.7. The Morgan fingerprint density at radius 2 is 1.79 bits per heavy atom. The minimum atomic E-state index is 0.603. The Bertz CT molecular complexity index is 666. The summed E-state index contributed by atoms with van der Waals surface area (Å²) in [4.78, 5) is 4.44. The largest absolute Gasteiger partial charge is 0.339 e. The van der Waals surface area contributed by atoms with Crippen molar-refractivity contribution in [2.24, 2.45) is 0 Å². The Morgan fingerprint density at radius 1 is 1.05 bits per heavy atom. The van der Waals surface area contributed by atoms with E-state index < -0.39 is 0 Å². The predicted octanol–water partition coefficient (Wildman–Crippen LogP) is 3.93. The summed E-state index contributed by atoms with van der Waals surface area (Å²) in [6.45, 7) is 7.95. The van der Waals surface area contributed by atoms with Crippen molar-refractivity contribution >= 4 is 11.5 Å². The number of rotatable bonds is 2. The van der Waals surface area contributed by atoms with Crippen molar-refractivity contribution in [3.8, 4) is 6.07 Å². The molecule has 19 heavy (non-hydrogen) atoms.